The second-order valence-electron chi connectivity index (χ2n) is 6.67. The number of nitrogens with zero attached hydrogens (tertiary/aromatic N) is 2. The van der Waals surface area contributed by atoms with Crippen LogP contribution in [0.3, 0.4) is 0 Å². The predicted molar refractivity (Wildman–Crippen MR) is 104 cm³/mol. The highest BCUT2D eigenvalue weighted by molar-refractivity contribution is 6.01. The molecular weight excluding hydrogens is 304 g/mol. The van der Waals surface area contributed by atoms with Gasteiger partial charge in [-0.15, -0.1) is 0 Å². The van der Waals surface area contributed by atoms with Crippen molar-refractivity contribution in [2.24, 2.45) is 4.99 Å². The molecule has 0 saturated heterocycles. The summed E-state index contributed by atoms with van der Waals surface area (Å²) in [6, 6.07) is 28.1. The number of hydrogen-bond donors (Lipinski definition) is 0. The summed E-state index contributed by atoms with van der Waals surface area (Å²) in [5, 5.41) is 0. The maximum absolute atomic E-state index is 5.03. The Bertz CT molecular complexity index is 895. The fourth-order valence-electron chi connectivity index (χ4n) is 3.46. The first-order valence-corrected chi connectivity index (χ1v) is 8.74. The Morgan fingerprint density at radius 1 is 0.840 bits per heavy atom. The van der Waals surface area contributed by atoms with E-state index in [9.17, 15) is 0 Å². The van der Waals surface area contributed by atoms with Gasteiger partial charge in [-0.3, -0.25) is 0 Å². The monoisotopic (exact) mass is 326 g/mol. The van der Waals surface area contributed by atoms with Gasteiger partial charge in [0.1, 0.15) is 5.84 Å². The van der Waals surface area contributed by atoms with E-state index in [1.807, 2.05) is 6.07 Å². The van der Waals surface area contributed by atoms with Crippen molar-refractivity contribution in [3.8, 4) is 0 Å². The minimum Gasteiger partial charge on any atom is -0.352 e. The van der Waals surface area contributed by atoms with E-state index < -0.39 is 0 Å². The van der Waals surface area contributed by atoms with Gasteiger partial charge >= 0.3 is 0 Å². The van der Waals surface area contributed by atoms with Gasteiger partial charge in [0.15, 0.2) is 0 Å². The van der Waals surface area contributed by atoms with Crippen LogP contribution in [0.1, 0.15) is 28.3 Å². The highest BCUT2D eigenvalue weighted by Gasteiger charge is 2.25. The number of aryl methyl sites for hydroxylation is 1. The second kappa shape index (κ2) is 6.56. The van der Waals surface area contributed by atoms with Crippen molar-refractivity contribution in [1.82, 2.24) is 4.90 Å². The van der Waals surface area contributed by atoms with Crippen LogP contribution >= 0.6 is 0 Å². The molecule has 124 valence electrons. The van der Waals surface area contributed by atoms with E-state index in [1.165, 1.54) is 16.7 Å². The fourth-order valence-corrected chi connectivity index (χ4v) is 3.46. The molecule has 0 aromatic heterocycles. The zero-order chi connectivity index (χ0) is 17.2. The second-order valence-corrected chi connectivity index (χ2v) is 6.67. The molecule has 2 heteroatoms. The van der Waals surface area contributed by atoms with Crippen molar-refractivity contribution in [3.05, 3.63) is 101 Å². The molecule has 3 aromatic carbocycles. The standard InChI is InChI=1S/C23H22N2/c1-17-12-14-18(15-13-17)22-16-20-10-6-7-11-21(20)24-23(25(22)2)19-8-4-3-5-9-19/h3-15,22H,16H2,1-2H3. The van der Waals surface area contributed by atoms with Gasteiger partial charge < -0.3 is 4.90 Å². The number of amidine groups is 1. The van der Waals surface area contributed by atoms with E-state index in [0.29, 0.717) is 0 Å². The first-order valence-electron chi connectivity index (χ1n) is 8.74. The molecule has 25 heavy (non-hydrogen) atoms. The summed E-state index contributed by atoms with van der Waals surface area (Å²) in [5.74, 6) is 1.02. The highest BCUT2D eigenvalue weighted by Crippen LogP contribution is 2.34. The third-order valence-corrected chi connectivity index (χ3v) is 4.93. The number of rotatable bonds is 2. The Morgan fingerprint density at radius 2 is 1.52 bits per heavy atom. The summed E-state index contributed by atoms with van der Waals surface area (Å²) in [7, 11) is 2.15. The average Bonchev–Trinajstić information content (AvgIpc) is 2.80. The van der Waals surface area contributed by atoms with E-state index in [4.69, 9.17) is 4.99 Å². The highest BCUT2D eigenvalue weighted by atomic mass is 15.2. The lowest BCUT2D eigenvalue weighted by Crippen LogP contribution is -2.32. The van der Waals surface area contributed by atoms with E-state index >= 15 is 0 Å². The molecular formula is C23H22N2. The zero-order valence-corrected chi connectivity index (χ0v) is 14.7. The lowest BCUT2D eigenvalue weighted by molar-refractivity contribution is 0.377. The molecule has 2 nitrogen and oxygen atoms in total. The van der Waals surface area contributed by atoms with Crippen molar-refractivity contribution in [2.75, 3.05) is 7.05 Å². The number of hydrogen-bond acceptors (Lipinski definition) is 2. The van der Waals surface area contributed by atoms with Gasteiger partial charge in [-0.05, 0) is 30.5 Å². The van der Waals surface area contributed by atoms with Crippen molar-refractivity contribution in [3.63, 3.8) is 0 Å². The number of aliphatic imine (C=N–C) groups is 1. The van der Waals surface area contributed by atoms with Crippen LogP contribution in [-0.2, 0) is 6.42 Å². The van der Waals surface area contributed by atoms with E-state index in [0.717, 1.165) is 23.5 Å². The topological polar surface area (TPSA) is 15.6 Å². The smallest absolute Gasteiger partial charge is 0.136 e. The molecule has 0 saturated carbocycles. The molecule has 1 aliphatic heterocycles. The number of fused-ring (bicyclic) bond motifs is 1. The van der Waals surface area contributed by atoms with Crippen LogP contribution in [0.4, 0.5) is 5.69 Å². The zero-order valence-electron chi connectivity index (χ0n) is 14.7. The Morgan fingerprint density at radius 3 is 2.28 bits per heavy atom. The first-order chi connectivity index (χ1) is 12.2. The van der Waals surface area contributed by atoms with E-state index in [-0.39, 0.29) is 6.04 Å². The molecule has 0 fully saturated rings. The molecule has 4 rings (SSSR count). The van der Waals surface area contributed by atoms with Gasteiger partial charge in [0.05, 0.1) is 11.7 Å². The summed E-state index contributed by atoms with van der Waals surface area (Å²) >= 11 is 0. The Labute approximate surface area is 149 Å². The molecule has 1 unspecified atom stereocenters. The summed E-state index contributed by atoms with van der Waals surface area (Å²) in [6.45, 7) is 2.13. The average molecular weight is 326 g/mol. The third kappa shape index (κ3) is 3.08. The molecule has 3 aromatic rings. The van der Waals surface area contributed by atoms with Crippen LogP contribution < -0.4 is 0 Å². The van der Waals surface area contributed by atoms with Gasteiger partial charge in [0.25, 0.3) is 0 Å². The van der Waals surface area contributed by atoms with Gasteiger partial charge in [-0.25, -0.2) is 4.99 Å². The predicted octanol–water partition coefficient (Wildman–Crippen LogP) is 5.30. The van der Waals surface area contributed by atoms with E-state index in [2.05, 4.69) is 91.7 Å². The summed E-state index contributed by atoms with van der Waals surface area (Å²) in [5.41, 5.74) is 6.14. The fraction of sp³-hybridized carbons (Fsp3) is 0.174. The van der Waals surface area contributed by atoms with Crippen molar-refractivity contribution in [1.29, 1.82) is 0 Å². The number of likely N-dealkylation sites (N-methyl/N-ethyl adjacent to an activating group) is 1. The summed E-state index contributed by atoms with van der Waals surface area (Å²) < 4.78 is 0. The lowest BCUT2D eigenvalue weighted by atomic mass is 9.96. The van der Waals surface area contributed by atoms with Crippen molar-refractivity contribution >= 4 is 11.5 Å². The third-order valence-electron chi connectivity index (χ3n) is 4.93. The summed E-state index contributed by atoms with van der Waals surface area (Å²) in [4.78, 5) is 7.35. The van der Waals surface area contributed by atoms with Crippen LogP contribution in [0.5, 0.6) is 0 Å². The summed E-state index contributed by atoms with van der Waals surface area (Å²) in [6.07, 6.45) is 0.954. The maximum atomic E-state index is 5.03. The molecule has 1 atom stereocenters. The molecule has 0 aliphatic carbocycles. The number of para-hydroxylation sites is 1. The molecule has 0 radical (unpaired) electrons. The molecule has 0 N–H and O–H groups in total. The molecule has 1 heterocycles. The largest absolute Gasteiger partial charge is 0.352 e. The quantitative estimate of drug-likeness (QED) is 0.624. The van der Waals surface area contributed by atoms with E-state index in [1.54, 1.807) is 0 Å². The molecule has 1 aliphatic rings. The minimum absolute atomic E-state index is 0.267. The van der Waals surface area contributed by atoms with Crippen molar-refractivity contribution in [2.45, 2.75) is 19.4 Å². The number of benzene rings is 3. The van der Waals surface area contributed by atoms with Crippen LogP contribution in [0.2, 0.25) is 0 Å². The van der Waals surface area contributed by atoms with Gasteiger partial charge in [0, 0.05) is 12.6 Å². The van der Waals surface area contributed by atoms with Crippen molar-refractivity contribution < 1.29 is 0 Å². The molecule has 0 bridgehead atoms. The maximum Gasteiger partial charge on any atom is 0.136 e. The Balaban J connectivity index is 1.85. The van der Waals surface area contributed by atoms with Gasteiger partial charge in [0.2, 0.25) is 0 Å². The minimum atomic E-state index is 0.267. The van der Waals surface area contributed by atoms with Crippen LogP contribution in [0.25, 0.3) is 0 Å². The van der Waals surface area contributed by atoms with Crippen LogP contribution in [-0.4, -0.2) is 17.8 Å². The Hall–Kier alpha value is -2.87. The molecule has 0 spiro atoms. The SMILES string of the molecule is Cc1ccc(C2Cc3ccccc3N=C(c3ccccc3)N2C)cc1. The van der Waals surface area contributed by atoms with Gasteiger partial charge in [-0.2, -0.15) is 0 Å². The Kier molecular flexibility index (Phi) is 4.10. The first kappa shape index (κ1) is 15.6. The molecule has 0 amide bonds. The van der Waals surface area contributed by atoms with Crippen LogP contribution in [0.15, 0.2) is 83.9 Å². The van der Waals surface area contributed by atoms with Crippen LogP contribution in [0, 0.1) is 6.92 Å². The van der Waals surface area contributed by atoms with Gasteiger partial charge in [-0.1, -0.05) is 78.4 Å². The normalized spacial score (nSPS) is 16.8. The lowest BCUT2D eigenvalue weighted by Gasteiger charge is -2.30.